The SMILES string of the molecule is Cc1cc(C)c(S(=O)(=O)NCc2ncc(C)o2)c(C)c1. The molecule has 1 heterocycles. The maximum atomic E-state index is 12.4. The highest BCUT2D eigenvalue weighted by Gasteiger charge is 2.20. The fraction of sp³-hybridized carbons (Fsp3) is 0.357. The van der Waals surface area contributed by atoms with Gasteiger partial charge in [-0.15, -0.1) is 0 Å². The van der Waals surface area contributed by atoms with Crippen LogP contribution in [0.15, 0.2) is 27.6 Å². The van der Waals surface area contributed by atoms with Crippen LogP contribution in [0.2, 0.25) is 0 Å². The van der Waals surface area contributed by atoms with E-state index >= 15 is 0 Å². The van der Waals surface area contributed by atoms with E-state index in [1.165, 1.54) is 0 Å². The topological polar surface area (TPSA) is 72.2 Å². The maximum Gasteiger partial charge on any atom is 0.241 e. The van der Waals surface area contributed by atoms with Crippen LogP contribution in [0, 0.1) is 27.7 Å². The summed E-state index contributed by atoms with van der Waals surface area (Å²) in [6.45, 7) is 7.34. The summed E-state index contributed by atoms with van der Waals surface area (Å²) in [5, 5.41) is 0. The van der Waals surface area contributed by atoms with Crippen LogP contribution in [-0.4, -0.2) is 13.4 Å². The van der Waals surface area contributed by atoms with E-state index in [4.69, 9.17) is 4.42 Å². The van der Waals surface area contributed by atoms with Gasteiger partial charge in [0.25, 0.3) is 0 Å². The Morgan fingerprint density at radius 2 is 1.75 bits per heavy atom. The van der Waals surface area contributed by atoms with Gasteiger partial charge in [0.1, 0.15) is 5.76 Å². The van der Waals surface area contributed by atoms with Crippen molar-refractivity contribution in [2.24, 2.45) is 0 Å². The molecule has 0 unspecified atom stereocenters. The van der Waals surface area contributed by atoms with Gasteiger partial charge in [-0.1, -0.05) is 17.7 Å². The summed E-state index contributed by atoms with van der Waals surface area (Å²) in [4.78, 5) is 4.30. The van der Waals surface area contributed by atoms with E-state index in [9.17, 15) is 8.42 Å². The Morgan fingerprint density at radius 1 is 1.15 bits per heavy atom. The van der Waals surface area contributed by atoms with Gasteiger partial charge in [-0.05, 0) is 38.8 Å². The van der Waals surface area contributed by atoms with E-state index in [-0.39, 0.29) is 6.54 Å². The van der Waals surface area contributed by atoms with Gasteiger partial charge < -0.3 is 4.42 Å². The molecule has 0 aliphatic carbocycles. The molecule has 108 valence electrons. The highest BCUT2D eigenvalue weighted by atomic mass is 32.2. The highest BCUT2D eigenvalue weighted by molar-refractivity contribution is 7.89. The lowest BCUT2D eigenvalue weighted by Gasteiger charge is -2.12. The van der Waals surface area contributed by atoms with Crippen molar-refractivity contribution in [3.8, 4) is 0 Å². The van der Waals surface area contributed by atoms with Gasteiger partial charge in [0.05, 0.1) is 17.6 Å². The molecule has 0 radical (unpaired) electrons. The largest absolute Gasteiger partial charge is 0.445 e. The molecule has 1 aromatic carbocycles. The molecule has 0 aliphatic rings. The van der Waals surface area contributed by atoms with Crippen molar-refractivity contribution in [1.29, 1.82) is 0 Å². The molecule has 0 fully saturated rings. The van der Waals surface area contributed by atoms with Crippen molar-refractivity contribution >= 4 is 10.0 Å². The van der Waals surface area contributed by atoms with Crippen molar-refractivity contribution in [2.45, 2.75) is 39.1 Å². The number of oxazole rings is 1. The molecule has 0 saturated heterocycles. The van der Waals surface area contributed by atoms with Crippen LogP contribution in [0.3, 0.4) is 0 Å². The quantitative estimate of drug-likeness (QED) is 0.939. The fourth-order valence-corrected chi connectivity index (χ4v) is 3.73. The first kappa shape index (κ1) is 14.7. The van der Waals surface area contributed by atoms with Crippen molar-refractivity contribution in [2.75, 3.05) is 0 Å². The molecule has 0 spiro atoms. The smallest absolute Gasteiger partial charge is 0.241 e. The summed E-state index contributed by atoms with van der Waals surface area (Å²) < 4.78 is 32.5. The molecule has 2 rings (SSSR count). The second kappa shape index (κ2) is 5.38. The predicted molar refractivity (Wildman–Crippen MR) is 75.9 cm³/mol. The Balaban J connectivity index is 2.27. The Bertz CT molecular complexity index is 710. The first-order chi connectivity index (χ1) is 9.29. The number of aryl methyl sites for hydroxylation is 4. The minimum atomic E-state index is -3.58. The Hall–Kier alpha value is -1.66. The molecule has 20 heavy (non-hydrogen) atoms. The van der Waals surface area contributed by atoms with Crippen LogP contribution >= 0.6 is 0 Å². The van der Waals surface area contributed by atoms with Gasteiger partial charge in [0, 0.05) is 0 Å². The number of benzene rings is 1. The minimum absolute atomic E-state index is 0.0446. The number of sulfonamides is 1. The summed E-state index contributed by atoms with van der Waals surface area (Å²) in [5.41, 5.74) is 2.51. The zero-order valence-electron chi connectivity index (χ0n) is 12.0. The Kier molecular flexibility index (Phi) is 3.96. The molecule has 0 aliphatic heterocycles. The lowest BCUT2D eigenvalue weighted by Crippen LogP contribution is -2.25. The van der Waals surface area contributed by atoms with Crippen LogP contribution in [0.25, 0.3) is 0 Å². The van der Waals surface area contributed by atoms with Crippen molar-refractivity contribution in [3.63, 3.8) is 0 Å². The molecule has 6 heteroatoms. The van der Waals surface area contributed by atoms with Crippen LogP contribution in [0.1, 0.15) is 28.3 Å². The number of nitrogens with one attached hydrogen (secondary N) is 1. The summed E-state index contributed by atoms with van der Waals surface area (Å²) in [7, 11) is -3.58. The molecule has 0 atom stereocenters. The predicted octanol–water partition coefficient (Wildman–Crippen LogP) is 2.39. The van der Waals surface area contributed by atoms with E-state index in [1.54, 1.807) is 27.0 Å². The highest BCUT2D eigenvalue weighted by Crippen LogP contribution is 2.21. The maximum absolute atomic E-state index is 12.4. The van der Waals surface area contributed by atoms with Gasteiger partial charge in [-0.25, -0.2) is 18.1 Å². The molecule has 0 amide bonds. The van der Waals surface area contributed by atoms with Gasteiger partial charge in [0.2, 0.25) is 15.9 Å². The Labute approximate surface area is 119 Å². The molecule has 1 aromatic heterocycles. The van der Waals surface area contributed by atoms with E-state index in [0.29, 0.717) is 16.5 Å². The molecule has 2 aromatic rings. The molecular weight excluding hydrogens is 276 g/mol. The molecule has 0 bridgehead atoms. The summed E-state index contributed by atoms with van der Waals surface area (Å²) >= 11 is 0. The second-order valence-corrected chi connectivity index (χ2v) is 6.62. The molecule has 5 nitrogen and oxygen atoms in total. The zero-order chi connectivity index (χ0) is 14.9. The first-order valence-electron chi connectivity index (χ1n) is 6.28. The summed E-state index contributed by atoms with van der Waals surface area (Å²) in [6.07, 6.45) is 1.56. The van der Waals surface area contributed by atoms with Gasteiger partial charge >= 0.3 is 0 Å². The lowest BCUT2D eigenvalue weighted by atomic mass is 10.1. The third-order valence-electron chi connectivity index (χ3n) is 2.96. The zero-order valence-corrected chi connectivity index (χ0v) is 12.8. The number of hydrogen-bond donors (Lipinski definition) is 1. The third kappa shape index (κ3) is 3.08. The standard InChI is InChI=1S/C14H18N2O3S/c1-9-5-10(2)14(11(3)6-9)20(17,18)16-8-13-15-7-12(4)19-13/h5-7,16H,8H2,1-4H3. The fourth-order valence-electron chi connectivity index (χ4n) is 2.30. The van der Waals surface area contributed by atoms with E-state index < -0.39 is 10.0 Å². The number of nitrogens with zero attached hydrogens (tertiary/aromatic N) is 1. The molecular formula is C14H18N2O3S. The first-order valence-corrected chi connectivity index (χ1v) is 7.77. The van der Waals surface area contributed by atoms with Gasteiger partial charge in [0.15, 0.2) is 0 Å². The molecule has 0 saturated carbocycles. The molecule has 1 N–H and O–H groups in total. The summed E-state index contributed by atoms with van der Waals surface area (Å²) in [6, 6.07) is 3.72. The Morgan fingerprint density at radius 3 is 2.25 bits per heavy atom. The van der Waals surface area contributed by atoms with Gasteiger partial charge in [-0.3, -0.25) is 0 Å². The van der Waals surface area contributed by atoms with E-state index in [2.05, 4.69) is 9.71 Å². The number of rotatable bonds is 4. The van der Waals surface area contributed by atoms with Crippen LogP contribution in [-0.2, 0) is 16.6 Å². The van der Waals surface area contributed by atoms with Crippen molar-refractivity contribution in [1.82, 2.24) is 9.71 Å². The lowest BCUT2D eigenvalue weighted by molar-refractivity contribution is 0.463. The monoisotopic (exact) mass is 294 g/mol. The van der Waals surface area contributed by atoms with Crippen molar-refractivity contribution in [3.05, 3.63) is 46.7 Å². The second-order valence-electron chi connectivity index (χ2n) is 4.92. The normalized spacial score (nSPS) is 11.8. The summed E-state index contributed by atoms with van der Waals surface area (Å²) in [5.74, 6) is 1.01. The van der Waals surface area contributed by atoms with Crippen LogP contribution in [0.4, 0.5) is 0 Å². The van der Waals surface area contributed by atoms with Crippen LogP contribution in [0.5, 0.6) is 0 Å². The minimum Gasteiger partial charge on any atom is -0.445 e. The average molecular weight is 294 g/mol. The van der Waals surface area contributed by atoms with Crippen LogP contribution < -0.4 is 4.72 Å². The van der Waals surface area contributed by atoms with Crippen molar-refractivity contribution < 1.29 is 12.8 Å². The van der Waals surface area contributed by atoms with Gasteiger partial charge in [-0.2, -0.15) is 0 Å². The third-order valence-corrected chi connectivity index (χ3v) is 4.66. The van der Waals surface area contributed by atoms with E-state index in [1.807, 2.05) is 19.1 Å². The van der Waals surface area contributed by atoms with E-state index in [0.717, 1.165) is 16.7 Å². The average Bonchev–Trinajstić information content (AvgIpc) is 2.71. The number of hydrogen-bond acceptors (Lipinski definition) is 4. The number of aromatic nitrogens is 1.